The fraction of sp³-hybridized carbons (Fsp3) is 0.238. The van der Waals surface area contributed by atoms with Crippen LogP contribution in [0.5, 0.6) is 0 Å². The Morgan fingerprint density at radius 2 is 0.687 bits per heavy atom. The third kappa shape index (κ3) is 18.8. The predicted octanol–water partition coefficient (Wildman–Crippen LogP) is 10.6. The average molecular weight is 1790 g/mol. The summed E-state index contributed by atoms with van der Waals surface area (Å²) in [5.41, 5.74) is 40.3. The zero-order valence-corrected chi connectivity index (χ0v) is 74.9. The van der Waals surface area contributed by atoms with Crippen molar-refractivity contribution >= 4 is 141 Å². The van der Waals surface area contributed by atoms with Crippen LogP contribution < -0.4 is 37.5 Å². The van der Waals surface area contributed by atoms with Gasteiger partial charge in [0, 0.05) is 259 Å². The summed E-state index contributed by atoms with van der Waals surface area (Å²) in [4.78, 5) is 113. The number of nitrogens with one attached hydrogen (secondary N) is 12. The van der Waals surface area contributed by atoms with Gasteiger partial charge in [-0.3, -0.25) is 48.4 Å². The highest BCUT2D eigenvalue weighted by atomic mass is 16.5. The monoisotopic (exact) mass is 1790 g/mol. The maximum atomic E-state index is 12.4. The van der Waals surface area contributed by atoms with Gasteiger partial charge in [0.15, 0.2) is 0 Å². The highest BCUT2D eigenvalue weighted by Gasteiger charge is 2.31. The van der Waals surface area contributed by atoms with Gasteiger partial charge in [-0.1, -0.05) is 103 Å². The molecule has 6 amide bonds. The first-order valence-electron chi connectivity index (χ1n) is 44.9. The van der Waals surface area contributed by atoms with Gasteiger partial charge in [-0.15, -0.1) is 0 Å². The van der Waals surface area contributed by atoms with Crippen molar-refractivity contribution in [3.8, 4) is 0 Å². The molecule has 3 fully saturated rings. The summed E-state index contributed by atoms with van der Waals surface area (Å²) in [5, 5.41) is 31.8. The first-order chi connectivity index (χ1) is 65.5. The molecule has 0 spiro atoms. The van der Waals surface area contributed by atoms with E-state index in [0.29, 0.717) is 59.4 Å². The largest absolute Gasteiger partial charge is 0.379 e. The van der Waals surface area contributed by atoms with Crippen LogP contribution in [0.4, 0.5) is 5.82 Å². The maximum Gasteiger partial charge on any atom is 0.272 e. The molecule has 33 nitrogen and oxygen atoms in total. The van der Waals surface area contributed by atoms with Crippen LogP contribution in [0.15, 0.2) is 256 Å². The lowest BCUT2D eigenvalue weighted by Gasteiger charge is -2.35. The normalized spacial score (nSPS) is 16.5. The minimum Gasteiger partial charge on any atom is -0.379 e. The molecule has 8 aromatic carbocycles. The number of aromatic amines is 6. The van der Waals surface area contributed by atoms with Crippen LogP contribution in [0.1, 0.15) is 112 Å². The number of hydrazone groups is 6. The van der Waals surface area contributed by atoms with E-state index < -0.39 is 0 Å². The lowest BCUT2D eigenvalue weighted by atomic mass is 9.98. The highest BCUT2D eigenvalue weighted by molar-refractivity contribution is 6.27. The Morgan fingerprint density at radius 1 is 0.336 bits per heavy atom. The molecule has 0 radical (unpaired) electrons. The standard InChI is InChI=1S/C20H20N6O.2C17H13N3O.C16H19N5O.C16H21N5O.C15H16N4O2/c27-20-14-4-3-5-16-19(14)15(12-22-16)17(23-24-20)13-25-8-10-26(11-9-25)18-6-1-2-7-21-18;1-10-5-7-11(8-6-10)16-13-9-18-14-4-2-3-12(15(13)14)17(21)20-19-16;21-17-12-7-4-8-14-16(12)13(10-18-14)15(19-20-17)9-11-5-2-1-3-6-11;1-20-5-7-21(8-6-20)10-14-12-9-17-13-4-2-3-11(15(12)13)16(22)19-18-14;1-20(2)7-8-21(3)10-14-12-9-17-13-6-4-5-11(15(12)13)16(22)19-18-14;20-15-10-2-1-3-12-14(10)11(8-16-12)13(17-18-15)9-19-4-6-21-7-5-19/h1-7,12,22H,8-11,13H2,(H,24,27);2-9,18H,1H3,(H,20,21);1-8,10,18H,9H2,(H,20,21);2-4,9,17H,5-8,10H2,1H3,(H,19,22);4-6,9,17H,7-8,10H2,1-3H3,(H,19,22);1-3,8,16H,4-7,9H2,(H,18,20). The van der Waals surface area contributed by atoms with Gasteiger partial charge in [-0.2, -0.15) is 30.6 Å². The molecule has 33 heteroatoms. The van der Waals surface area contributed by atoms with Crippen molar-refractivity contribution in [1.29, 1.82) is 0 Å². The first-order valence-corrected chi connectivity index (χ1v) is 44.9. The van der Waals surface area contributed by atoms with Gasteiger partial charge in [-0.05, 0) is 126 Å². The third-order valence-corrected chi connectivity index (χ3v) is 25.3. The van der Waals surface area contributed by atoms with Gasteiger partial charge in [-0.25, -0.2) is 37.5 Å². The molecule has 9 aliphatic rings. The number of piperazine rings is 2. The van der Waals surface area contributed by atoms with E-state index in [1.807, 2.05) is 220 Å². The summed E-state index contributed by atoms with van der Waals surface area (Å²) in [6, 6.07) is 58.4. The number of benzene rings is 8. The van der Waals surface area contributed by atoms with E-state index in [2.05, 4.69) is 173 Å². The van der Waals surface area contributed by atoms with Crippen LogP contribution in [0.2, 0.25) is 0 Å². The number of anilines is 1. The molecule has 15 aromatic rings. The molecular formula is C101H102N26O7. The minimum atomic E-state index is -0.177. The van der Waals surface area contributed by atoms with Crippen molar-refractivity contribution in [2.45, 2.75) is 13.3 Å². The summed E-state index contributed by atoms with van der Waals surface area (Å²) >= 11 is 0. The van der Waals surface area contributed by atoms with Crippen molar-refractivity contribution in [3.05, 3.63) is 309 Å². The van der Waals surface area contributed by atoms with Crippen LogP contribution in [0.25, 0.3) is 65.4 Å². The number of pyridine rings is 1. The smallest absolute Gasteiger partial charge is 0.272 e. The van der Waals surface area contributed by atoms with Crippen LogP contribution in [0.3, 0.4) is 0 Å². The lowest BCUT2D eigenvalue weighted by molar-refractivity contribution is 0.0453. The third-order valence-electron chi connectivity index (χ3n) is 25.3. The van der Waals surface area contributed by atoms with E-state index in [0.717, 1.165) is 243 Å². The molecule has 0 atom stereocenters. The Hall–Kier alpha value is -15.5. The molecule has 0 saturated carbocycles. The van der Waals surface area contributed by atoms with Crippen molar-refractivity contribution < 1.29 is 33.5 Å². The van der Waals surface area contributed by atoms with Crippen molar-refractivity contribution in [2.24, 2.45) is 30.6 Å². The number of hydrogen-bond donors (Lipinski definition) is 12. The van der Waals surface area contributed by atoms with Crippen LogP contribution in [-0.4, -0.2) is 280 Å². The molecule has 9 aliphatic heterocycles. The van der Waals surface area contributed by atoms with Gasteiger partial charge in [0.05, 0.1) is 75.2 Å². The summed E-state index contributed by atoms with van der Waals surface area (Å²) in [5.74, 6) is 0.0811. The van der Waals surface area contributed by atoms with E-state index in [1.165, 1.54) is 11.1 Å². The van der Waals surface area contributed by atoms with Crippen LogP contribution in [-0.2, 0) is 11.2 Å². The quantitative estimate of drug-likeness (QED) is 0.0454. The van der Waals surface area contributed by atoms with Crippen molar-refractivity contribution in [3.63, 3.8) is 0 Å². The fourth-order valence-electron chi connectivity index (χ4n) is 18.1. The van der Waals surface area contributed by atoms with Gasteiger partial charge >= 0.3 is 0 Å². The number of carbonyl (C=O) groups is 6. The molecule has 678 valence electrons. The van der Waals surface area contributed by atoms with Gasteiger partial charge in [0.1, 0.15) is 11.5 Å². The minimum absolute atomic E-state index is 0.139. The number of aromatic nitrogens is 7. The Morgan fingerprint density at radius 3 is 1.09 bits per heavy atom. The summed E-state index contributed by atoms with van der Waals surface area (Å²) in [6.45, 7) is 18.0. The molecule has 12 N–H and O–H groups in total. The SMILES string of the molecule is CN(C)CCN(C)CC1=NNC(=O)c2cccc3[nH]cc1c23.CN1CCN(CC2=NNC(=O)c3cccc4[nH]cc2c34)CC1.Cc1ccc(C2=NNC(=O)c3cccc4[nH]cc2c34)cc1.O=C1NN=C(CN2CCN(c3ccccn3)CC2)c2c[nH]c3cccc1c23.O=C1NN=C(CN2CCOCC2)c2c[nH]c3cccc1c23.O=C1NN=C(Cc2ccccc2)c2c[nH]c3cccc1c23. The Labute approximate surface area is 770 Å². The van der Waals surface area contributed by atoms with Crippen molar-refractivity contribution in [2.75, 3.05) is 151 Å². The highest BCUT2D eigenvalue weighted by Crippen LogP contribution is 2.34. The molecule has 24 rings (SSSR count). The number of hydrogen-bond acceptors (Lipinski definition) is 21. The summed E-state index contributed by atoms with van der Waals surface area (Å²) in [6.07, 6.45) is 14.1. The van der Waals surface area contributed by atoms with Crippen LogP contribution in [0, 0.1) is 6.92 Å². The number of nitrogens with zero attached hydrogens (tertiary/aromatic N) is 14. The molecule has 0 aliphatic carbocycles. The van der Waals surface area contributed by atoms with E-state index in [4.69, 9.17) is 4.74 Å². The second kappa shape index (κ2) is 39.3. The fourth-order valence-corrected chi connectivity index (χ4v) is 18.1. The van der Waals surface area contributed by atoms with E-state index >= 15 is 0 Å². The lowest BCUT2D eigenvalue weighted by Crippen LogP contribution is -2.48. The Bertz CT molecular complexity index is 7170. The van der Waals surface area contributed by atoms with Gasteiger partial charge in [0.2, 0.25) is 0 Å². The number of morpholine rings is 1. The Kier molecular flexibility index (Phi) is 25.7. The number of aryl methyl sites for hydroxylation is 1. The van der Waals surface area contributed by atoms with E-state index in [1.54, 1.807) is 0 Å². The summed E-state index contributed by atoms with van der Waals surface area (Å²) in [7, 11) is 8.33. The second-order valence-corrected chi connectivity index (χ2v) is 34.5. The predicted molar refractivity (Wildman–Crippen MR) is 524 cm³/mol. The number of H-pyrrole nitrogens is 6. The number of amides is 6. The van der Waals surface area contributed by atoms with E-state index in [9.17, 15) is 28.8 Å². The molecule has 16 heterocycles. The number of carbonyl (C=O) groups excluding carboxylic acids is 6. The zero-order chi connectivity index (χ0) is 91.9. The number of likely N-dealkylation sites (N-methyl/N-ethyl adjacent to an activating group) is 3. The topological polar surface area (TPSA) is 388 Å². The average Bonchev–Trinajstić information content (AvgIpc) is 1.62. The van der Waals surface area contributed by atoms with Crippen molar-refractivity contribution in [1.82, 2.24) is 96.8 Å². The zero-order valence-electron chi connectivity index (χ0n) is 74.9. The second-order valence-electron chi connectivity index (χ2n) is 34.5. The maximum absolute atomic E-state index is 12.4. The van der Waals surface area contributed by atoms with Crippen LogP contribution >= 0.6 is 0 Å². The first kappa shape index (κ1) is 87.8. The van der Waals surface area contributed by atoms with E-state index in [-0.39, 0.29) is 35.4 Å². The number of rotatable bonds is 15. The molecule has 7 aromatic heterocycles. The molecule has 3 saturated heterocycles. The Balaban J connectivity index is 0.000000104. The van der Waals surface area contributed by atoms with Gasteiger partial charge < -0.3 is 49.3 Å². The number of ether oxygens (including phenoxy) is 1. The van der Waals surface area contributed by atoms with Gasteiger partial charge in [0.25, 0.3) is 35.4 Å². The summed E-state index contributed by atoms with van der Waals surface area (Å²) < 4.78 is 5.37. The molecular weight excluding hydrogens is 1690 g/mol. The molecule has 134 heavy (non-hydrogen) atoms. The molecule has 0 bridgehead atoms. The molecule has 0 unspecified atom stereocenters.